The number of aromatic nitrogens is 1. The number of nitrogens with two attached hydrogens (primary N) is 1. The predicted octanol–water partition coefficient (Wildman–Crippen LogP) is 1.51. The molecule has 0 atom stereocenters. The first-order chi connectivity index (χ1) is 6.70. The summed E-state index contributed by atoms with van der Waals surface area (Å²) in [5.74, 6) is 0. The molecule has 0 aliphatic heterocycles. The Balaban J connectivity index is 2.14. The third-order valence-electron chi connectivity index (χ3n) is 3.00. The fraction of sp³-hybridized carbons (Fsp3) is 0.545. The lowest BCUT2D eigenvalue weighted by atomic mass is 9.93. The van der Waals surface area contributed by atoms with E-state index in [1.54, 1.807) is 18.5 Å². The van der Waals surface area contributed by atoms with E-state index < -0.39 is 5.60 Å². The number of rotatable bonds is 2. The first-order valence-electron chi connectivity index (χ1n) is 5.10. The molecule has 1 fully saturated rings. The smallest absolute Gasteiger partial charge is 0.0689 e. The predicted molar refractivity (Wildman–Crippen MR) is 55.8 cm³/mol. The fourth-order valence-corrected chi connectivity index (χ4v) is 2.15. The summed E-state index contributed by atoms with van der Waals surface area (Å²) in [6.07, 6.45) is 8.10. The third kappa shape index (κ3) is 1.87. The van der Waals surface area contributed by atoms with E-state index >= 15 is 0 Å². The lowest BCUT2D eigenvalue weighted by Crippen LogP contribution is -2.27. The average Bonchev–Trinajstić information content (AvgIpc) is 2.57. The number of hydrogen-bond donors (Lipinski definition) is 2. The molecule has 0 bridgehead atoms. The maximum Gasteiger partial charge on any atom is 0.0689 e. The van der Waals surface area contributed by atoms with Crippen LogP contribution in [0.4, 0.5) is 5.69 Å². The molecule has 0 radical (unpaired) electrons. The number of pyridine rings is 1. The van der Waals surface area contributed by atoms with Gasteiger partial charge in [-0.25, -0.2) is 0 Å². The average molecular weight is 192 g/mol. The molecule has 1 aromatic rings. The molecule has 0 amide bonds. The molecule has 14 heavy (non-hydrogen) atoms. The Morgan fingerprint density at radius 3 is 2.79 bits per heavy atom. The molecule has 1 aromatic heterocycles. The minimum absolute atomic E-state index is 0.531. The summed E-state index contributed by atoms with van der Waals surface area (Å²) in [5.41, 5.74) is 6.98. The van der Waals surface area contributed by atoms with Crippen molar-refractivity contribution in [1.29, 1.82) is 0 Å². The maximum atomic E-state index is 10.2. The highest BCUT2D eigenvalue weighted by Crippen LogP contribution is 2.33. The van der Waals surface area contributed by atoms with Gasteiger partial charge in [-0.2, -0.15) is 0 Å². The number of hydrogen-bond acceptors (Lipinski definition) is 3. The van der Waals surface area contributed by atoms with Crippen LogP contribution in [-0.4, -0.2) is 15.7 Å². The van der Waals surface area contributed by atoms with Crippen LogP contribution in [0.1, 0.15) is 31.2 Å². The minimum Gasteiger partial charge on any atom is -0.398 e. The van der Waals surface area contributed by atoms with Crippen LogP contribution in [-0.2, 0) is 6.42 Å². The van der Waals surface area contributed by atoms with Crippen molar-refractivity contribution in [1.82, 2.24) is 4.98 Å². The summed E-state index contributed by atoms with van der Waals surface area (Å²) in [4.78, 5) is 4.03. The number of anilines is 1. The molecular weight excluding hydrogens is 176 g/mol. The van der Waals surface area contributed by atoms with Gasteiger partial charge in [0.25, 0.3) is 0 Å². The SMILES string of the molecule is Nc1ccncc1CC1(O)CCCC1. The van der Waals surface area contributed by atoms with Crippen LogP contribution in [0, 0.1) is 0 Å². The zero-order valence-electron chi connectivity index (χ0n) is 8.24. The first-order valence-corrected chi connectivity index (χ1v) is 5.10. The molecule has 1 aliphatic carbocycles. The van der Waals surface area contributed by atoms with Crippen molar-refractivity contribution in [3.8, 4) is 0 Å². The molecule has 0 unspecified atom stereocenters. The maximum absolute atomic E-state index is 10.2. The number of aliphatic hydroxyl groups is 1. The van der Waals surface area contributed by atoms with E-state index in [1.165, 1.54) is 0 Å². The van der Waals surface area contributed by atoms with Gasteiger partial charge < -0.3 is 10.8 Å². The second kappa shape index (κ2) is 3.58. The van der Waals surface area contributed by atoms with Crippen LogP contribution in [0.2, 0.25) is 0 Å². The van der Waals surface area contributed by atoms with Gasteiger partial charge in [-0.15, -0.1) is 0 Å². The molecule has 2 rings (SSSR count). The summed E-state index contributed by atoms with van der Waals surface area (Å²) in [5, 5.41) is 10.2. The monoisotopic (exact) mass is 192 g/mol. The first kappa shape index (κ1) is 9.46. The van der Waals surface area contributed by atoms with Gasteiger partial charge in [-0.1, -0.05) is 12.8 Å². The number of nitrogen functional groups attached to an aromatic ring is 1. The Morgan fingerprint density at radius 1 is 1.43 bits per heavy atom. The van der Waals surface area contributed by atoms with Crippen molar-refractivity contribution in [3.63, 3.8) is 0 Å². The summed E-state index contributed by atoms with van der Waals surface area (Å²) in [6.45, 7) is 0. The second-order valence-corrected chi connectivity index (χ2v) is 4.18. The molecule has 3 N–H and O–H groups in total. The molecule has 76 valence electrons. The van der Waals surface area contributed by atoms with Gasteiger partial charge in [0.05, 0.1) is 5.60 Å². The van der Waals surface area contributed by atoms with Crippen molar-refractivity contribution in [2.75, 3.05) is 5.73 Å². The van der Waals surface area contributed by atoms with Gasteiger partial charge >= 0.3 is 0 Å². The summed E-state index contributed by atoms with van der Waals surface area (Å²) < 4.78 is 0. The van der Waals surface area contributed by atoms with Crippen LogP contribution < -0.4 is 5.73 Å². The molecule has 1 saturated carbocycles. The lowest BCUT2D eigenvalue weighted by Gasteiger charge is -2.22. The van der Waals surface area contributed by atoms with Crippen molar-refractivity contribution in [2.45, 2.75) is 37.7 Å². The van der Waals surface area contributed by atoms with Gasteiger partial charge in [-0.05, 0) is 24.5 Å². The van der Waals surface area contributed by atoms with Gasteiger partial charge in [-0.3, -0.25) is 4.98 Å². The molecule has 1 heterocycles. The zero-order valence-corrected chi connectivity index (χ0v) is 8.24. The standard InChI is InChI=1S/C11H16N2O/c12-10-3-6-13-8-9(10)7-11(14)4-1-2-5-11/h3,6,8,14H,1-2,4-5,7H2,(H2,12,13). The number of nitrogens with zero attached hydrogens (tertiary/aromatic N) is 1. The van der Waals surface area contributed by atoms with Crippen LogP contribution in [0.15, 0.2) is 18.5 Å². The van der Waals surface area contributed by atoms with E-state index in [0.717, 1.165) is 36.9 Å². The summed E-state index contributed by atoms with van der Waals surface area (Å²) >= 11 is 0. The van der Waals surface area contributed by atoms with Crippen molar-refractivity contribution in [3.05, 3.63) is 24.0 Å². The van der Waals surface area contributed by atoms with Gasteiger partial charge in [0.2, 0.25) is 0 Å². The van der Waals surface area contributed by atoms with Crippen molar-refractivity contribution >= 4 is 5.69 Å². The van der Waals surface area contributed by atoms with Gasteiger partial charge in [0, 0.05) is 24.5 Å². The van der Waals surface area contributed by atoms with E-state index in [4.69, 9.17) is 5.73 Å². The van der Waals surface area contributed by atoms with Crippen molar-refractivity contribution < 1.29 is 5.11 Å². The highest BCUT2D eigenvalue weighted by atomic mass is 16.3. The van der Waals surface area contributed by atoms with Gasteiger partial charge in [0.1, 0.15) is 0 Å². The summed E-state index contributed by atoms with van der Waals surface area (Å²) in [7, 11) is 0. The Hall–Kier alpha value is -1.09. The molecule has 0 aromatic carbocycles. The third-order valence-corrected chi connectivity index (χ3v) is 3.00. The minimum atomic E-state index is -0.531. The zero-order chi connectivity index (χ0) is 10.0. The molecule has 0 saturated heterocycles. The molecular formula is C11H16N2O. The van der Waals surface area contributed by atoms with E-state index in [2.05, 4.69) is 4.98 Å². The molecule has 1 aliphatic rings. The Bertz CT molecular complexity index is 319. The summed E-state index contributed by atoms with van der Waals surface area (Å²) in [6, 6.07) is 1.79. The molecule has 3 nitrogen and oxygen atoms in total. The Morgan fingerprint density at radius 2 is 2.14 bits per heavy atom. The fourth-order valence-electron chi connectivity index (χ4n) is 2.15. The van der Waals surface area contributed by atoms with E-state index in [9.17, 15) is 5.11 Å². The highest BCUT2D eigenvalue weighted by Gasteiger charge is 2.31. The topological polar surface area (TPSA) is 59.1 Å². The van der Waals surface area contributed by atoms with E-state index in [1.807, 2.05) is 0 Å². The van der Waals surface area contributed by atoms with E-state index in [0.29, 0.717) is 6.42 Å². The van der Waals surface area contributed by atoms with Crippen LogP contribution in [0.3, 0.4) is 0 Å². The van der Waals surface area contributed by atoms with Crippen molar-refractivity contribution in [2.24, 2.45) is 0 Å². The molecule has 0 spiro atoms. The largest absolute Gasteiger partial charge is 0.398 e. The van der Waals surface area contributed by atoms with Gasteiger partial charge in [0.15, 0.2) is 0 Å². The molecule has 3 heteroatoms. The Labute approximate surface area is 84.0 Å². The Kier molecular flexibility index (Phi) is 2.42. The quantitative estimate of drug-likeness (QED) is 0.746. The van der Waals surface area contributed by atoms with Crippen LogP contribution in [0.5, 0.6) is 0 Å². The van der Waals surface area contributed by atoms with Crippen LogP contribution >= 0.6 is 0 Å². The highest BCUT2D eigenvalue weighted by molar-refractivity contribution is 5.45. The lowest BCUT2D eigenvalue weighted by molar-refractivity contribution is 0.0482. The van der Waals surface area contributed by atoms with E-state index in [-0.39, 0.29) is 0 Å². The normalized spacial score (nSPS) is 19.8. The second-order valence-electron chi connectivity index (χ2n) is 4.18. The van der Waals surface area contributed by atoms with Crippen LogP contribution in [0.25, 0.3) is 0 Å².